The minimum atomic E-state index is -0.435. The van der Waals surface area contributed by atoms with E-state index < -0.39 is 5.60 Å². The Morgan fingerprint density at radius 2 is 2.06 bits per heavy atom. The fourth-order valence-corrected chi connectivity index (χ4v) is 1.92. The van der Waals surface area contributed by atoms with Gasteiger partial charge in [-0.1, -0.05) is 13.8 Å². The fraction of sp³-hybridized carbons (Fsp3) is 0.917. The standard InChI is InChI=1S/C12H24N2O2/c1-11(2,3)16-10(15)14-7-8-6-9(13)12(8,4)5/h8-9H,6-7,13H2,1-5H3,(H,14,15). The average molecular weight is 228 g/mol. The fourth-order valence-electron chi connectivity index (χ4n) is 1.92. The topological polar surface area (TPSA) is 64.3 Å². The van der Waals surface area contributed by atoms with Crippen LogP contribution in [0.3, 0.4) is 0 Å². The molecular weight excluding hydrogens is 204 g/mol. The van der Waals surface area contributed by atoms with Crippen LogP contribution in [0, 0.1) is 11.3 Å². The van der Waals surface area contributed by atoms with Crippen molar-refractivity contribution in [3.8, 4) is 0 Å². The largest absolute Gasteiger partial charge is 0.444 e. The number of rotatable bonds is 2. The maximum absolute atomic E-state index is 11.4. The predicted octanol–water partition coefficient (Wildman–Crippen LogP) is 1.88. The summed E-state index contributed by atoms with van der Waals surface area (Å²) in [4.78, 5) is 11.4. The van der Waals surface area contributed by atoms with Gasteiger partial charge in [0.05, 0.1) is 0 Å². The second kappa shape index (κ2) is 4.24. The predicted molar refractivity (Wildman–Crippen MR) is 64.1 cm³/mol. The van der Waals surface area contributed by atoms with Gasteiger partial charge in [0.15, 0.2) is 0 Å². The highest BCUT2D eigenvalue weighted by Gasteiger charge is 2.45. The third-order valence-electron chi connectivity index (χ3n) is 3.44. The summed E-state index contributed by atoms with van der Waals surface area (Å²) >= 11 is 0. The van der Waals surface area contributed by atoms with Gasteiger partial charge in [-0.25, -0.2) is 4.79 Å². The molecule has 0 aromatic rings. The van der Waals surface area contributed by atoms with E-state index in [9.17, 15) is 4.79 Å². The van der Waals surface area contributed by atoms with Crippen LogP contribution in [0.1, 0.15) is 41.0 Å². The Morgan fingerprint density at radius 1 is 1.50 bits per heavy atom. The second-order valence-electron chi connectivity index (χ2n) is 6.24. The quantitative estimate of drug-likeness (QED) is 0.758. The number of ether oxygens (including phenoxy) is 1. The smallest absolute Gasteiger partial charge is 0.407 e. The molecule has 1 aliphatic carbocycles. The molecule has 0 saturated heterocycles. The van der Waals surface area contributed by atoms with E-state index in [1.165, 1.54) is 0 Å². The highest BCUT2D eigenvalue weighted by Crippen LogP contribution is 2.44. The summed E-state index contributed by atoms with van der Waals surface area (Å²) in [6.07, 6.45) is 0.631. The van der Waals surface area contributed by atoms with Crippen LogP contribution in [0.5, 0.6) is 0 Å². The first-order valence-electron chi connectivity index (χ1n) is 5.85. The van der Waals surface area contributed by atoms with Crippen molar-refractivity contribution < 1.29 is 9.53 Å². The highest BCUT2D eigenvalue weighted by molar-refractivity contribution is 5.67. The van der Waals surface area contributed by atoms with E-state index in [4.69, 9.17) is 10.5 Å². The van der Waals surface area contributed by atoms with Gasteiger partial charge in [0.1, 0.15) is 5.60 Å². The first-order valence-corrected chi connectivity index (χ1v) is 5.85. The minimum Gasteiger partial charge on any atom is -0.444 e. The summed E-state index contributed by atoms with van der Waals surface area (Å²) in [5.41, 5.74) is 5.60. The van der Waals surface area contributed by atoms with E-state index >= 15 is 0 Å². The van der Waals surface area contributed by atoms with Gasteiger partial charge < -0.3 is 15.8 Å². The molecule has 1 saturated carbocycles. The van der Waals surface area contributed by atoms with Crippen molar-refractivity contribution in [3.05, 3.63) is 0 Å². The lowest BCUT2D eigenvalue weighted by atomic mass is 9.59. The summed E-state index contributed by atoms with van der Waals surface area (Å²) in [6, 6.07) is 0.248. The molecule has 0 aliphatic heterocycles. The number of carbonyl (C=O) groups excluding carboxylic acids is 1. The number of amides is 1. The molecule has 4 nitrogen and oxygen atoms in total. The molecule has 1 rings (SSSR count). The third kappa shape index (κ3) is 3.11. The molecule has 1 aliphatic rings. The summed E-state index contributed by atoms with van der Waals surface area (Å²) in [7, 11) is 0. The normalized spacial score (nSPS) is 28.1. The molecule has 0 heterocycles. The second-order valence-corrected chi connectivity index (χ2v) is 6.24. The maximum atomic E-state index is 11.4. The number of hydrogen-bond donors (Lipinski definition) is 2. The van der Waals surface area contributed by atoms with Crippen LogP contribution < -0.4 is 11.1 Å². The van der Waals surface area contributed by atoms with Crippen LogP contribution in [0.15, 0.2) is 0 Å². The zero-order chi connectivity index (χ0) is 12.6. The van der Waals surface area contributed by atoms with Crippen molar-refractivity contribution in [2.24, 2.45) is 17.1 Å². The molecule has 1 amide bonds. The van der Waals surface area contributed by atoms with E-state index in [2.05, 4.69) is 19.2 Å². The molecule has 16 heavy (non-hydrogen) atoms. The van der Waals surface area contributed by atoms with Crippen LogP contribution in [0.4, 0.5) is 4.79 Å². The Balaban J connectivity index is 2.29. The van der Waals surface area contributed by atoms with Crippen molar-refractivity contribution in [2.45, 2.75) is 52.7 Å². The monoisotopic (exact) mass is 228 g/mol. The zero-order valence-electron chi connectivity index (χ0n) is 11.0. The van der Waals surface area contributed by atoms with Gasteiger partial charge in [-0.2, -0.15) is 0 Å². The van der Waals surface area contributed by atoms with E-state index in [0.717, 1.165) is 6.42 Å². The average Bonchev–Trinajstić information content (AvgIpc) is 2.09. The van der Waals surface area contributed by atoms with Crippen molar-refractivity contribution in [1.29, 1.82) is 0 Å². The number of nitrogens with one attached hydrogen (secondary N) is 1. The van der Waals surface area contributed by atoms with Crippen molar-refractivity contribution in [3.63, 3.8) is 0 Å². The lowest BCUT2D eigenvalue weighted by Gasteiger charge is -2.50. The molecular formula is C12H24N2O2. The molecule has 94 valence electrons. The van der Waals surface area contributed by atoms with Crippen LogP contribution in [0.2, 0.25) is 0 Å². The van der Waals surface area contributed by atoms with Crippen LogP contribution in [-0.4, -0.2) is 24.3 Å². The lowest BCUT2D eigenvalue weighted by molar-refractivity contribution is 0.0257. The van der Waals surface area contributed by atoms with Crippen LogP contribution in [-0.2, 0) is 4.74 Å². The van der Waals surface area contributed by atoms with Crippen LogP contribution in [0.25, 0.3) is 0 Å². The Labute approximate surface area is 97.9 Å². The molecule has 4 heteroatoms. The van der Waals surface area contributed by atoms with Crippen LogP contribution >= 0.6 is 0 Å². The van der Waals surface area contributed by atoms with Gasteiger partial charge in [0.2, 0.25) is 0 Å². The van der Waals surface area contributed by atoms with E-state index in [-0.39, 0.29) is 17.6 Å². The molecule has 0 bridgehead atoms. The molecule has 0 aromatic heterocycles. The molecule has 3 N–H and O–H groups in total. The van der Waals surface area contributed by atoms with E-state index in [1.54, 1.807) is 0 Å². The van der Waals surface area contributed by atoms with E-state index in [0.29, 0.717) is 12.5 Å². The van der Waals surface area contributed by atoms with Gasteiger partial charge >= 0.3 is 6.09 Å². The minimum absolute atomic E-state index is 0.120. The maximum Gasteiger partial charge on any atom is 0.407 e. The van der Waals surface area contributed by atoms with Gasteiger partial charge in [0, 0.05) is 12.6 Å². The molecule has 0 aromatic carbocycles. The number of hydrogen-bond acceptors (Lipinski definition) is 3. The Morgan fingerprint density at radius 3 is 2.44 bits per heavy atom. The highest BCUT2D eigenvalue weighted by atomic mass is 16.6. The van der Waals surface area contributed by atoms with Gasteiger partial charge in [0.25, 0.3) is 0 Å². The number of alkyl carbamates (subject to hydrolysis) is 1. The molecule has 2 atom stereocenters. The van der Waals surface area contributed by atoms with Gasteiger partial charge in [-0.15, -0.1) is 0 Å². The van der Waals surface area contributed by atoms with Crippen molar-refractivity contribution >= 4 is 6.09 Å². The molecule has 2 unspecified atom stereocenters. The molecule has 1 fully saturated rings. The Kier molecular flexibility index (Phi) is 3.53. The number of carbonyl (C=O) groups is 1. The number of nitrogens with two attached hydrogens (primary N) is 1. The lowest BCUT2D eigenvalue weighted by Crippen LogP contribution is -2.57. The molecule has 0 spiro atoms. The first-order chi connectivity index (χ1) is 7.13. The Bertz CT molecular complexity index is 269. The summed E-state index contributed by atoms with van der Waals surface area (Å²) in [6.45, 7) is 10.5. The summed E-state index contributed by atoms with van der Waals surface area (Å²) in [5, 5.41) is 2.80. The van der Waals surface area contributed by atoms with E-state index in [1.807, 2.05) is 20.8 Å². The SMILES string of the molecule is CC(C)(C)OC(=O)NCC1CC(N)C1(C)C. The first kappa shape index (κ1) is 13.3. The summed E-state index contributed by atoms with van der Waals surface area (Å²) in [5.74, 6) is 0.454. The summed E-state index contributed by atoms with van der Waals surface area (Å²) < 4.78 is 5.17. The van der Waals surface area contributed by atoms with Gasteiger partial charge in [-0.05, 0) is 38.5 Å². The molecule has 0 radical (unpaired) electrons. The van der Waals surface area contributed by atoms with Gasteiger partial charge in [-0.3, -0.25) is 0 Å². The zero-order valence-corrected chi connectivity index (χ0v) is 11.0. The third-order valence-corrected chi connectivity index (χ3v) is 3.44. The van der Waals surface area contributed by atoms with Crippen molar-refractivity contribution in [1.82, 2.24) is 5.32 Å². The van der Waals surface area contributed by atoms with Crippen molar-refractivity contribution in [2.75, 3.05) is 6.54 Å². The Hall–Kier alpha value is -0.770.